The Morgan fingerprint density at radius 3 is 2.21 bits per heavy atom. The second-order valence-electron chi connectivity index (χ2n) is 15.3. The highest BCUT2D eigenvalue weighted by atomic mass is 16.5. The van der Waals surface area contributed by atoms with E-state index in [0.29, 0.717) is 28.1 Å². The highest BCUT2D eigenvalue weighted by Gasteiger charge is 2.69. The Bertz CT molecular complexity index is 872. The van der Waals surface area contributed by atoms with Gasteiger partial charge in [0, 0.05) is 12.3 Å². The van der Waals surface area contributed by atoms with E-state index in [1.807, 2.05) is 0 Å². The number of fused-ring (bicyclic) bond motifs is 7. The monoisotopic (exact) mass is 468 g/mol. The molecule has 2 nitrogen and oxygen atoms in total. The molecule has 0 spiro atoms. The molecule has 0 unspecified atom stereocenters. The summed E-state index contributed by atoms with van der Waals surface area (Å²) in [4.78, 5) is 11.9. The number of hydrogen-bond donors (Lipinski definition) is 0. The zero-order valence-corrected chi connectivity index (χ0v) is 23.7. The van der Waals surface area contributed by atoms with Crippen LogP contribution in [0.25, 0.3) is 0 Å². The minimum absolute atomic E-state index is 0.0318. The van der Waals surface area contributed by atoms with Gasteiger partial charge in [0.25, 0.3) is 0 Å². The average Bonchev–Trinajstić information content (AvgIpc) is 2.74. The summed E-state index contributed by atoms with van der Waals surface area (Å²) in [5.74, 6) is 4.32. The van der Waals surface area contributed by atoms with Crippen molar-refractivity contribution in [2.45, 2.75) is 120 Å². The van der Waals surface area contributed by atoms with E-state index in [0.717, 1.165) is 30.1 Å². The number of carbonyl (C=O) groups is 1. The maximum atomic E-state index is 11.9. The van der Waals surface area contributed by atoms with Gasteiger partial charge in [-0.05, 0) is 109 Å². The molecule has 0 radical (unpaired) electrons. The average molecular weight is 469 g/mol. The van der Waals surface area contributed by atoms with Gasteiger partial charge < -0.3 is 4.74 Å². The lowest BCUT2D eigenvalue weighted by molar-refractivity contribution is -0.224. The van der Waals surface area contributed by atoms with E-state index in [1.54, 1.807) is 6.92 Å². The predicted molar refractivity (Wildman–Crippen MR) is 140 cm³/mol. The summed E-state index contributed by atoms with van der Waals surface area (Å²) in [5, 5.41) is 0. The largest absolute Gasteiger partial charge is 0.462 e. The zero-order chi connectivity index (χ0) is 24.9. The van der Waals surface area contributed by atoms with Crippen LogP contribution in [0.15, 0.2) is 12.2 Å². The molecule has 5 aliphatic carbocycles. The van der Waals surface area contributed by atoms with E-state index < -0.39 is 0 Å². The Hall–Kier alpha value is -0.790. The summed E-state index contributed by atoms with van der Waals surface area (Å²) in [6.45, 7) is 22.1. The lowest BCUT2D eigenvalue weighted by atomic mass is 9.32. The molecule has 0 N–H and O–H groups in total. The molecule has 4 saturated carbocycles. The van der Waals surface area contributed by atoms with Gasteiger partial charge in [0.05, 0.1) is 0 Å². The molecule has 2 heteroatoms. The number of carbonyl (C=O) groups excluding carboxylic acids is 1. The molecule has 5 aliphatic rings. The standard InChI is InChI=1S/C32H52O2/c1-20-12-15-29(6)18-19-31(8)23(27(29)21(20)2)10-11-25-30(7)16-14-26(34-22(3)33)28(4,5)24(30)13-17-32(25,31)9/h10-11,20-21,23-27H,12-19H2,1-9H3/t20-,21+,23-,24+,25-,26+,27+,29-,30+,31-,32-/m1/s1. The van der Waals surface area contributed by atoms with Crippen molar-refractivity contribution in [3.05, 3.63) is 12.2 Å². The molecule has 0 saturated heterocycles. The first-order chi connectivity index (χ1) is 15.7. The maximum absolute atomic E-state index is 11.9. The van der Waals surface area contributed by atoms with Crippen molar-refractivity contribution in [1.29, 1.82) is 0 Å². The van der Waals surface area contributed by atoms with Crippen LogP contribution in [-0.4, -0.2) is 12.1 Å². The second-order valence-corrected chi connectivity index (χ2v) is 15.3. The lowest BCUT2D eigenvalue weighted by Gasteiger charge is -2.72. The predicted octanol–water partition coefficient (Wildman–Crippen LogP) is 8.45. The second kappa shape index (κ2) is 7.61. The van der Waals surface area contributed by atoms with Gasteiger partial charge in [0.2, 0.25) is 0 Å². The maximum Gasteiger partial charge on any atom is 0.302 e. The van der Waals surface area contributed by atoms with Crippen molar-refractivity contribution in [3.63, 3.8) is 0 Å². The van der Waals surface area contributed by atoms with Crippen molar-refractivity contribution in [2.75, 3.05) is 0 Å². The van der Waals surface area contributed by atoms with Crippen LogP contribution in [-0.2, 0) is 9.53 Å². The lowest BCUT2D eigenvalue weighted by Crippen LogP contribution is -2.66. The van der Waals surface area contributed by atoms with E-state index in [1.165, 1.54) is 44.9 Å². The Labute approximate surface area is 210 Å². The van der Waals surface area contributed by atoms with E-state index in [-0.39, 0.29) is 22.9 Å². The Balaban J connectivity index is 1.54. The molecule has 34 heavy (non-hydrogen) atoms. The van der Waals surface area contributed by atoms with Crippen molar-refractivity contribution in [1.82, 2.24) is 0 Å². The van der Waals surface area contributed by atoms with Gasteiger partial charge in [-0.25, -0.2) is 0 Å². The smallest absolute Gasteiger partial charge is 0.302 e. The topological polar surface area (TPSA) is 26.3 Å². The molecule has 0 aromatic heterocycles. The van der Waals surface area contributed by atoms with Crippen molar-refractivity contribution < 1.29 is 9.53 Å². The van der Waals surface area contributed by atoms with Gasteiger partial charge in [-0.1, -0.05) is 67.5 Å². The normalized spacial score (nSPS) is 55.9. The van der Waals surface area contributed by atoms with Crippen LogP contribution in [0.2, 0.25) is 0 Å². The quantitative estimate of drug-likeness (QED) is 0.285. The molecule has 4 fully saturated rings. The van der Waals surface area contributed by atoms with Gasteiger partial charge in [-0.3, -0.25) is 4.79 Å². The Morgan fingerprint density at radius 1 is 0.824 bits per heavy atom. The Morgan fingerprint density at radius 2 is 1.53 bits per heavy atom. The van der Waals surface area contributed by atoms with Crippen LogP contribution in [0.3, 0.4) is 0 Å². The van der Waals surface area contributed by atoms with Crippen LogP contribution < -0.4 is 0 Å². The van der Waals surface area contributed by atoms with Crippen LogP contribution in [0.1, 0.15) is 114 Å². The molecule has 0 aliphatic heterocycles. The van der Waals surface area contributed by atoms with Gasteiger partial charge in [0.1, 0.15) is 6.10 Å². The van der Waals surface area contributed by atoms with Gasteiger partial charge in [0.15, 0.2) is 0 Å². The third-order valence-corrected chi connectivity index (χ3v) is 13.7. The minimum atomic E-state index is -0.115. The molecule has 0 amide bonds. The third kappa shape index (κ3) is 3.08. The molecule has 0 bridgehead atoms. The molecule has 11 atom stereocenters. The number of hydrogen-bond acceptors (Lipinski definition) is 2. The number of ether oxygens (including phenoxy) is 1. The van der Waals surface area contributed by atoms with E-state index in [2.05, 4.69) is 67.5 Å². The highest BCUT2D eigenvalue weighted by Crippen LogP contribution is 2.75. The van der Waals surface area contributed by atoms with Gasteiger partial charge >= 0.3 is 5.97 Å². The number of rotatable bonds is 1. The molecule has 5 rings (SSSR count). The fraction of sp³-hybridized carbons (Fsp3) is 0.906. The van der Waals surface area contributed by atoms with Gasteiger partial charge in [-0.2, -0.15) is 0 Å². The van der Waals surface area contributed by atoms with Crippen LogP contribution in [0, 0.1) is 62.6 Å². The summed E-state index contributed by atoms with van der Waals surface area (Å²) in [5.41, 5.74) is 1.57. The third-order valence-electron chi connectivity index (χ3n) is 13.7. The highest BCUT2D eigenvalue weighted by molar-refractivity contribution is 5.66. The van der Waals surface area contributed by atoms with Crippen LogP contribution >= 0.6 is 0 Å². The fourth-order valence-electron chi connectivity index (χ4n) is 11.3. The summed E-state index contributed by atoms with van der Waals surface area (Å²) in [6.07, 6.45) is 16.0. The summed E-state index contributed by atoms with van der Waals surface area (Å²) in [6, 6.07) is 0. The fourth-order valence-corrected chi connectivity index (χ4v) is 11.3. The summed E-state index contributed by atoms with van der Waals surface area (Å²) >= 11 is 0. The van der Waals surface area contributed by atoms with E-state index in [9.17, 15) is 4.79 Å². The summed E-state index contributed by atoms with van der Waals surface area (Å²) in [7, 11) is 0. The molecule has 192 valence electrons. The van der Waals surface area contributed by atoms with Crippen molar-refractivity contribution >= 4 is 5.97 Å². The first kappa shape index (κ1) is 24.9. The van der Waals surface area contributed by atoms with E-state index in [4.69, 9.17) is 4.74 Å². The van der Waals surface area contributed by atoms with Crippen LogP contribution in [0.4, 0.5) is 0 Å². The first-order valence-corrected chi connectivity index (χ1v) is 14.6. The Kier molecular flexibility index (Phi) is 5.57. The van der Waals surface area contributed by atoms with Crippen molar-refractivity contribution in [3.8, 4) is 0 Å². The zero-order valence-electron chi connectivity index (χ0n) is 23.7. The van der Waals surface area contributed by atoms with Gasteiger partial charge in [-0.15, -0.1) is 0 Å². The molecular weight excluding hydrogens is 416 g/mol. The first-order valence-electron chi connectivity index (χ1n) is 14.6. The molecule has 0 heterocycles. The number of allylic oxidation sites excluding steroid dienone is 2. The molecule has 0 aromatic rings. The minimum Gasteiger partial charge on any atom is -0.462 e. The number of esters is 1. The van der Waals surface area contributed by atoms with E-state index >= 15 is 0 Å². The molecular formula is C32H52O2. The SMILES string of the molecule is CC(=O)O[C@H]1CC[C@]2(C)[C@H]3C=C[C@@H]4[C@@H]5[C@@H](C)[C@H](C)CC[C@]5(C)CC[C@@]4(C)[C@]3(C)CC[C@H]2C1(C)C. The van der Waals surface area contributed by atoms with Crippen molar-refractivity contribution in [2.24, 2.45) is 62.6 Å². The molecule has 0 aromatic carbocycles. The van der Waals surface area contributed by atoms with Crippen LogP contribution in [0.5, 0.6) is 0 Å². The summed E-state index contributed by atoms with van der Waals surface area (Å²) < 4.78 is 5.90.